The van der Waals surface area contributed by atoms with E-state index in [0.29, 0.717) is 6.04 Å². The van der Waals surface area contributed by atoms with Gasteiger partial charge in [-0.3, -0.25) is 0 Å². The second-order valence-electron chi connectivity index (χ2n) is 7.78. The molecule has 1 aliphatic carbocycles. The molecule has 3 atom stereocenters. The van der Waals surface area contributed by atoms with Gasteiger partial charge in [0.25, 0.3) is 0 Å². The van der Waals surface area contributed by atoms with Crippen molar-refractivity contribution < 1.29 is 4.74 Å². The number of rotatable bonds is 1. The predicted octanol–water partition coefficient (Wildman–Crippen LogP) is 2.67. The van der Waals surface area contributed by atoms with Crippen molar-refractivity contribution in [3.63, 3.8) is 0 Å². The summed E-state index contributed by atoms with van der Waals surface area (Å²) in [6.07, 6.45) is 7.49. The third kappa shape index (κ3) is 2.19. The third-order valence-electron chi connectivity index (χ3n) is 4.94. The molecule has 2 aromatic heterocycles. The van der Waals surface area contributed by atoms with Gasteiger partial charge in [-0.1, -0.05) is 0 Å². The lowest BCUT2D eigenvalue weighted by Gasteiger charge is -2.47. The van der Waals surface area contributed by atoms with Crippen LogP contribution in [0.2, 0.25) is 0 Å². The van der Waals surface area contributed by atoms with Crippen LogP contribution in [0, 0.1) is 0 Å². The summed E-state index contributed by atoms with van der Waals surface area (Å²) < 4.78 is 8.05. The topological polar surface area (TPSA) is 68.7 Å². The minimum absolute atomic E-state index is 0.00829. The fraction of sp³-hybridized carbons (Fsp3) is 0.647. The molecule has 23 heavy (non-hydrogen) atoms. The first kappa shape index (κ1) is 14.8. The Morgan fingerprint density at radius 1 is 1.35 bits per heavy atom. The van der Waals surface area contributed by atoms with Crippen LogP contribution in [0.5, 0.6) is 5.75 Å². The van der Waals surface area contributed by atoms with Crippen LogP contribution in [0.4, 0.5) is 5.82 Å². The SMILES string of the molecule is C[C@H](N)c1cnn2cc3c(nc12)N(C(C)(C)C)[C@H]1CCC[C@@H]1O3. The average molecular weight is 315 g/mol. The summed E-state index contributed by atoms with van der Waals surface area (Å²) in [4.78, 5) is 7.37. The molecule has 0 unspecified atom stereocenters. The third-order valence-corrected chi connectivity index (χ3v) is 4.94. The van der Waals surface area contributed by atoms with Crippen LogP contribution in [-0.4, -0.2) is 32.3 Å². The Bertz CT molecular complexity index is 745. The summed E-state index contributed by atoms with van der Waals surface area (Å²) >= 11 is 0. The fourth-order valence-corrected chi connectivity index (χ4v) is 3.96. The van der Waals surface area contributed by atoms with E-state index in [-0.39, 0.29) is 17.7 Å². The van der Waals surface area contributed by atoms with Crippen LogP contribution in [-0.2, 0) is 0 Å². The zero-order valence-electron chi connectivity index (χ0n) is 14.3. The number of nitrogens with zero attached hydrogens (tertiary/aromatic N) is 4. The van der Waals surface area contributed by atoms with Gasteiger partial charge < -0.3 is 15.4 Å². The molecule has 0 aromatic carbocycles. The van der Waals surface area contributed by atoms with Crippen molar-refractivity contribution >= 4 is 11.5 Å². The second kappa shape index (κ2) is 4.84. The number of ether oxygens (including phenoxy) is 1. The number of anilines is 1. The van der Waals surface area contributed by atoms with Gasteiger partial charge in [-0.05, 0) is 47.0 Å². The monoisotopic (exact) mass is 315 g/mol. The Hall–Kier alpha value is -1.82. The van der Waals surface area contributed by atoms with Crippen LogP contribution in [0.25, 0.3) is 5.65 Å². The van der Waals surface area contributed by atoms with E-state index in [1.165, 1.54) is 6.42 Å². The lowest BCUT2D eigenvalue weighted by molar-refractivity contribution is 0.156. The van der Waals surface area contributed by atoms with Crippen LogP contribution >= 0.6 is 0 Å². The van der Waals surface area contributed by atoms with Crippen molar-refractivity contribution in [3.8, 4) is 5.75 Å². The molecule has 124 valence electrons. The summed E-state index contributed by atoms with van der Waals surface area (Å²) in [5.74, 6) is 1.76. The molecular formula is C17H25N5O. The maximum absolute atomic E-state index is 6.26. The van der Waals surface area contributed by atoms with Gasteiger partial charge in [-0.25, -0.2) is 9.50 Å². The highest BCUT2D eigenvalue weighted by atomic mass is 16.5. The molecule has 2 aliphatic rings. The van der Waals surface area contributed by atoms with Gasteiger partial charge in [0.15, 0.2) is 17.2 Å². The summed E-state index contributed by atoms with van der Waals surface area (Å²) in [5.41, 5.74) is 7.85. The first-order valence-electron chi connectivity index (χ1n) is 8.46. The highest BCUT2D eigenvalue weighted by Gasteiger charge is 2.44. The predicted molar refractivity (Wildman–Crippen MR) is 89.9 cm³/mol. The largest absolute Gasteiger partial charge is 0.483 e. The van der Waals surface area contributed by atoms with Gasteiger partial charge in [0.1, 0.15) is 6.10 Å². The Balaban J connectivity index is 1.92. The Labute approximate surface area is 136 Å². The summed E-state index contributed by atoms with van der Waals surface area (Å²) in [6, 6.07) is 0.309. The molecule has 2 aromatic rings. The molecule has 1 saturated carbocycles. The van der Waals surface area contributed by atoms with Gasteiger partial charge in [-0.2, -0.15) is 5.10 Å². The van der Waals surface area contributed by atoms with Crippen LogP contribution in [0.15, 0.2) is 12.4 Å². The number of aromatic nitrogens is 3. The van der Waals surface area contributed by atoms with E-state index in [1.807, 2.05) is 13.1 Å². The Kier molecular flexibility index (Phi) is 3.10. The quantitative estimate of drug-likeness (QED) is 0.876. The van der Waals surface area contributed by atoms with Gasteiger partial charge in [0.05, 0.1) is 18.4 Å². The molecule has 4 rings (SSSR count). The van der Waals surface area contributed by atoms with Crippen molar-refractivity contribution in [2.24, 2.45) is 5.73 Å². The number of hydrogen-bond acceptors (Lipinski definition) is 5. The number of hydrogen-bond donors (Lipinski definition) is 1. The van der Waals surface area contributed by atoms with E-state index < -0.39 is 0 Å². The highest BCUT2D eigenvalue weighted by molar-refractivity contribution is 5.63. The normalized spacial score (nSPS) is 25.2. The van der Waals surface area contributed by atoms with E-state index >= 15 is 0 Å². The van der Waals surface area contributed by atoms with Crippen LogP contribution < -0.4 is 15.4 Å². The van der Waals surface area contributed by atoms with E-state index in [0.717, 1.165) is 35.6 Å². The van der Waals surface area contributed by atoms with Crippen molar-refractivity contribution in [3.05, 3.63) is 18.0 Å². The summed E-state index contributed by atoms with van der Waals surface area (Å²) in [6.45, 7) is 8.69. The van der Waals surface area contributed by atoms with Gasteiger partial charge in [0.2, 0.25) is 0 Å². The molecule has 0 bridgehead atoms. The average Bonchev–Trinajstić information content (AvgIpc) is 3.06. The van der Waals surface area contributed by atoms with Crippen molar-refractivity contribution in [2.75, 3.05) is 4.90 Å². The molecule has 6 heteroatoms. The standard InChI is InChI=1S/C17H25N5O/c1-10(18)11-8-19-21-9-14-16(20-15(11)21)22(17(2,3)4)12-6-5-7-13(12)23-14/h8-10,12-13H,5-7,18H2,1-4H3/t10-,12-,13-/m0/s1. The smallest absolute Gasteiger partial charge is 0.180 e. The van der Waals surface area contributed by atoms with Gasteiger partial charge >= 0.3 is 0 Å². The van der Waals surface area contributed by atoms with Crippen molar-refractivity contribution in [2.45, 2.75) is 70.7 Å². The second-order valence-corrected chi connectivity index (χ2v) is 7.78. The maximum Gasteiger partial charge on any atom is 0.180 e. The van der Waals surface area contributed by atoms with E-state index in [4.69, 9.17) is 15.5 Å². The van der Waals surface area contributed by atoms with Crippen molar-refractivity contribution in [1.29, 1.82) is 0 Å². The van der Waals surface area contributed by atoms with Crippen molar-refractivity contribution in [1.82, 2.24) is 14.6 Å². The van der Waals surface area contributed by atoms with Crippen LogP contribution in [0.3, 0.4) is 0 Å². The fourth-order valence-electron chi connectivity index (χ4n) is 3.96. The summed E-state index contributed by atoms with van der Waals surface area (Å²) in [7, 11) is 0. The maximum atomic E-state index is 6.26. The molecular weight excluding hydrogens is 290 g/mol. The van der Waals surface area contributed by atoms with Crippen LogP contribution in [0.1, 0.15) is 58.6 Å². The molecule has 2 N–H and O–H groups in total. The highest BCUT2D eigenvalue weighted by Crippen LogP contribution is 2.44. The molecule has 3 heterocycles. The van der Waals surface area contributed by atoms with E-state index in [1.54, 1.807) is 10.7 Å². The molecule has 0 amide bonds. The van der Waals surface area contributed by atoms with E-state index in [9.17, 15) is 0 Å². The molecule has 0 radical (unpaired) electrons. The Morgan fingerprint density at radius 2 is 2.13 bits per heavy atom. The number of nitrogens with two attached hydrogens (primary N) is 1. The lowest BCUT2D eigenvalue weighted by atomic mass is 9.99. The molecule has 1 fully saturated rings. The molecule has 0 spiro atoms. The number of fused-ring (bicyclic) bond motifs is 3. The minimum atomic E-state index is -0.0927. The lowest BCUT2D eigenvalue weighted by Crippen LogP contribution is -2.55. The van der Waals surface area contributed by atoms with Gasteiger partial charge in [0, 0.05) is 17.1 Å². The minimum Gasteiger partial charge on any atom is -0.483 e. The van der Waals surface area contributed by atoms with E-state index in [2.05, 4.69) is 30.8 Å². The zero-order valence-corrected chi connectivity index (χ0v) is 14.3. The summed E-state index contributed by atoms with van der Waals surface area (Å²) in [5, 5.41) is 4.40. The Morgan fingerprint density at radius 3 is 2.83 bits per heavy atom. The first-order valence-corrected chi connectivity index (χ1v) is 8.46. The molecule has 0 saturated heterocycles. The molecule has 6 nitrogen and oxygen atoms in total. The van der Waals surface area contributed by atoms with Gasteiger partial charge in [-0.15, -0.1) is 0 Å². The molecule has 1 aliphatic heterocycles. The zero-order chi connectivity index (χ0) is 16.4. The first-order chi connectivity index (χ1) is 10.9.